The number of para-hydroxylation sites is 2. The van der Waals surface area contributed by atoms with Crippen LogP contribution in [-0.2, 0) is 6.67 Å². The second kappa shape index (κ2) is 9.61. The molecule has 0 aliphatic carbocycles. The Morgan fingerprint density at radius 1 is 1.03 bits per heavy atom. The lowest BCUT2D eigenvalue weighted by molar-refractivity contribution is -0.0510. The van der Waals surface area contributed by atoms with Gasteiger partial charge in [0.1, 0.15) is 18.1 Å². The molecule has 31 heavy (non-hydrogen) atoms. The second-order valence-electron chi connectivity index (χ2n) is 6.08. The van der Waals surface area contributed by atoms with Gasteiger partial charge in [-0.2, -0.15) is 8.78 Å². The zero-order valence-electron chi connectivity index (χ0n) is 15.7. The molecule has 3 aromatic rings. The maximum Gasteiger partial charge on any atom is 0.387 e. The molecule has 0 bridgehead atoms. The molecule has 1 aromatic heterocycles. The zero-order chi connectivity index (χ0) is 22.4. The van der Waals surface area contributed by atoms with Crippen molar-refractivity contribution in [2.45, 2.75) is 13.3 Å². The first-order valence-corrected chi connectivity index (χ1v) is 8.78. The number of anilines is 1. The predicted octanol–water partition coefficient (Wildman–Crippen LogP) is 4.90. The zero-order valence-corrected chi connectivity index (χ0v) is 15.7. The SMILES string of the molecule is O=C(O)c1ccc(NC(=O)c2cc(CF)ccc2Oc2ccccc2OC(F)F)cn1. The average molecular weight is 432 g/mol. The summed E-state index contributed by atoms with van der Waals surface area (Å²) in [6.07, 6.45) is 1.15. The Hall–Kier alpha value is -4.08. The van der Waals surface area contributed by atoms with Gasteiger partial charge in [-0.1, -0.05) is 18.2 Å². The highest BCUT2D eigenvalue weighted by Crippen LogP contribution is 2.34. The Kier molecular flexibility index (Phi) is 6.71. The van der Waals surface area contributed by atoms with Gasteiger partial charge in [0, 0.05) is 0 Å². The molecule has 0 atom stereocenters. The standard InChI is InChI=1S/C21H15F3N2O5/c22-10-12-5-8-16(30-17-3-1-2-4-18(17)31-21(23)24)14(9-12)19(27)26-13-6-7-15(20(28)29)25-11-13/h1-9,11,21H,10H2,(H,26,27)(H,28,29). The Balaban J connectivity index is 1.90. The van der Waals surface area contributed by atoms with Crippen LogP contribution in [0.25, 0.3) is 0 Å². The van der Waals surface area contributed by atoms with E-state index in [-0.39, 0.29) is 39.8 Å². The first kappa shape index (κ1) is 21.6. The van der Waals surface area contributed by atoms with E-state index in [1.165, 1.54) is 54.6 Å². The van der Waals surface area contributed by atoms with E-state index >= 15 is 0 Å². The predicted molar refractivity (Wildman–Crippen MR) is 104 cm³/mol. The number of halogens is 3. The molecular weight excluding hydrogens is 417 g/mol. The highest BCUT2D eigenvalue weighted by Gasteiger charge is 2.18. The van der Waals surface area contributed by atoms with E-state index in [9.17, 15) is 22.8 Å². The molecule has 0 aliphatic heterocycles. The van der Waals surface area contributed by atoms with Crippen molar-refractivity contribution in [1.82, 2.24) is 4.98 Å². The number of rotatable bonds is 8. The highest BCUT2D eigenvalue weighted by molar-refractivity contribution is 6.06. The first-order valence-electron chi connectivity index (χ1n) is 8.78. The number of hydrogen-bond donors (Lipinski definition) is 2. The van der Waals surface area contributed by atoms with Crippen molar-refractivity contribution in [2.24, 2.45) is 0 Å². The van der Waals surface area contributed by atoms with E-state index in [1.807, 2.05) is 0 Å². The number of ether oxygens (including phenoxy) is 2. The molecule has 1 heterocycles. The normalized spacial score (nSPS) is 10.6. The summed E-state index contributed by atoms with van der Waals surface area (Å²) >= 11 is 0. The summed E-state index contributed by atoms with van der Waals surface area (Å²) in [7, 11) is 0. The van der Waals surface area contributed by atoms with Crippen LogP contribution >= 0.6 is 0 Å². The van der Waals surface area contributed by atoms with Gasteiger partial charge in [-0.05, 0) is 42.0 Å². The Labute approximate surface area is 174 Å². The third-order valence-corrected chi connectivity index (χ3v) is 3.97. The minimum Gasteiger partial charge on any atom is -0.477 e. The molecule has 0 aliphatic rings. The van der Waals surface area contributed by atoms with Gasteiger partial charge in [0.15, 0.2) is 11.5 Å². The first-order chi connectivity index (χ1) is 14.9. The van der Waals surface area contributed by atoms with Crippen LogP contribution in [-0.4, -0.2) is 28.6 Å². The van der Waals surface area contributed by atoms with E-state index in [0.717, 1.165) is 6.20 Å². The van der Waals surface area contributed by atoms with E-state index in [2.05, 4.69) is 15.0 Å². The minimum absolute atomic E-state index is 0.0323. The van der Waals surface area contributed by atoms with Crippen LogP contribution in [0.1, 0.15) is 26.4 Å². The highest BCUT2D eigenvalue weighted by atomic mass is 19.3. The lowest BCUT2D eigenvalue weighted by atomic mass is 10.1. The summed E-state index contributed by atoms with van der Waals surface area (Å²) in [5.41, 5.74) is 0.0865. The van der Waals surface area contributed by atoms with Gasteiger partial charge in [-0.3, -0.25) is 4.79 Å². The number of nitrogens with zero attached hydrogens (tertiary/aromatic N) is 1. The number of alkyl halides is 3. The smallest absolute Gasteiger partial charge is 0.387 e. The van der Waals surface area contributed by atoms with Crippen molar-refractivity contribution < 1.29 is 37.3 Å². The van der Waals surface area contributed by atoms with Gasteiger partial charge in [-0.15, -0.1) is 0 Å². The Morgan fingerprint density at radius 3 is 2.39 bits per heavy atom. The van der Waals surface area contributed by atoms with Crippen LogP contribution in [0, 0.1) is 0 Å². The van der Waals surface area contributed by atoms with Gasteiger partial charge in [0.25, 0.3) is 5.91 Å². The van der Waals surface area contributed by atoms with Crippen LogP contribution < -0.4 is 14.8 Å². The molecule has 3 rings (SSSR count). The molecule has 7 nitrogen and oxygen atoms in total. The Bertz CT molecular complexity index is 1090. The fourth-order valence-electron chi connectivity index (χ4n) is 2.57. The maximum absolute atomic E-state index is 13.1. The van der Waals surface area contributed by atoms with E-state index in [4.69, 9.17) is 9.84 Å². The van der Waals surface area contributed by atoms with Gasteiger partial charge in [-0.25, -0.2) is 14.2 Å². The number of carbonyl (C=O) groups is 2. The van der Waals surface area contributed by atoms with Crippen LogP contribution in [0.15, 0.2) is 60.8 Å². The molecule has 0 saturated heterocycles. The molecule has 0 spiro atoms. The number of amides is 1. The number of pyridine rings is 1. The minimum atomic E-state index is -3.08. The number of carboxylic acids is 1. The maximum atomic E-state index is 13.1. The summed E-state index contributed by atoms with van der Waals surface area (Å²) in [5, 5.41) is 11.4. The number of benzene rings is 2. The van der Waals surface area contributed by atoms with E-state index < -0.39 is 25.2 Å². The van der Waals surface area contributed by atoms with Gasteiger partial charge in [0.05, 0.1) is 17.4 Å². The number of aromatic nitrogens is 1. The molecule has 2 aromatic carbocycles. The lowest BCUT2D eigenvalue weighted by Crippen LogP contribution is -2.14. The molecule has 160 valence electrons. The monoisotopic (exact) mass is 432 g/mol. The fraction of sp³-hybridized carbons (Fsp3) is 0.0952. The van der Waals surface area contributed by atoms with Crippen molar-refractivity contribution in [1.29, 1.82) is 0 Å². The van der Waals surface area contributed by atoms with Crippen LogP contribution in [0.3, 0.4) is 0 Å². The summed E-state index contributed by atoms with van der Waals surface area (Å²) in [5.74, 6) is -2.28. The molecule has 10 heteroatoms. The van der Waals surface area contributed by atoms with Crippen molar-refractivity contribution in [2.75, 3.05) is 5.32 Å². The third kappa shape index (κ3) is 5.50. The van der Waals surface area contributed by atoms with Gasteiger partial charge in [0.2, 0.25) is 0 Å². The van der Waals surface area contributed by atoms with Crippen LogP contribution in [0.5, 0.6) is 17.2 Å². The quantitative estimate of drug-likeness (QED) is 0.526. The molecule has 0 saturated carbocycles. The number of hydrogen-bond acceptors (Lipinski definition) is 5. The van der Waals surface area contributed by atoms with Crippen molar-refractivity contribution in [3.63, 3.8) is 0 Å². The topological polar surface area (TPSA) is 97.8 Å². The number of carboxylic acid groups (broad SMARTS) is 1. The molecule has 0 fully saturated rings. The van der Waals surface area contributed by atoms with Crippen molar-refractivity contribution in [3.8, 4) is 17.2 Å². The summed E-state index contributed by atoms with van der Waals surface area (Å²) < 4.78 is 48.4. The summed E-state index contributed by atoms with van der Waals surface area (Å²) in [6, 6.07) is 12.1. The molecular formula is C21H15F3N2O5. The molecule has 1 amide bonds. The molecule has 0 radical (unpaired) electrons. The van der Waals surface area contributed by atoms with Crippen LogP contribution in [0.4, 0.5) is 18.9 Å². The largest absolute Gasteiger partial charge is 0.477 e. The van der Waals surface area contributed by atoms with E-state index in [1.54, 1.807) is 0 Å². The fourth-order valence-corrected chi connectivity index (χ4v) is 2.57. The number of carbonyl (C=O) groups excluding carboxylic acids is 1. The average Bonchev–Trinajstić information content (AvgIpc) is 2.75. The van der Waals surface area contributed by atoms with Crippen molar-refractivity contribution in [3.05, 3.63) is 77.6 Å². The summed E-state index contributed by atoms with van der Waals surface area (Å²) in [6.45, 7) is -3.93. The molecule has 2 N–H and O–H groups in total. The molecule has 0 unspecified atom stereocenters. The van der Waals surface area contributed by atoms with Gasteiger partial charge < -0.3 is 19.9 Å². The van der Waals surface area contributed by atoms with Crippen LogP contribution in [0.2, 0.25) is 0 Å². The number of nitrogens with one attached hydrogen (secondary N) is 1. The second-order valence-corrected chi connectivity index (χ2v) is 6.08. The number of aromatic carboxylic acids is 1. The van der Waals surface area contributed by atoms with Gasteiger partial charge >= 0.3 is 12.6 Å². The third-order valence-electron chi connectivity index (χ3n) is 3.97. The van der Waals surface area contributed by atoms with E-state index in [0.29, 0.717) is 0 Å². The summed E-state index contributed by atoms with van der Waals surface area (Å²) in [4.78, 5) is 27.3. The lowest BCUT2D eigenvalue weighted by Gasteiger charge is -2.15. The Morgan fingerprint density at radius 2 is 1.77 bits per heavy atom. The van der Waals surface area contributed by atoms with Crippen molar-refractivity contribution >= 4 is 17.6 Å².